The van der Waals surface area contributed by atoms with Crippen LogP contribution in [0, 0.1) is 16.7 Å². The van der Waals surface area contributed by atoms with Gasteiger partial charge in [-0.2, -0.15) is 0 Å². The SMILES string of the molecule is O=C(NCC(O)CO)c1c(I)c(C(=O)NCC(O)CO)c(I)c(N(CC[n+]2nocc2F)CC(O)CO)c1I. The smallest absolute Gasteiger partial charge is 0.394 e. The molecule has 0 saturated heterocycles. The molecule has 3 atom stereocenters. The van der Waals surface area contributed by atoms with Gasteiger partial charge in [-0.3, -0.25) is 9.59 Å². The predicted molar refractivity (Wildman–Crippen MR) is 157 cm³/mol. The highest BCUT2D eigenvalue weighted by atomic mass is 127. The van der Waals surface area contributed by atoms with Crippen LogP contribution in [-0.4, -0.2) is 112 Å². The molecular formula is C21H28FI3N5O9+. The Labute approximate surface area is 262 Å². The molecule has 1 aromatic heterocycles. The van der Waals surface area contributed by atoms with E-state index in [1.807, 2.05) is 67.8 Å². The van der Waals surface area contributed by atoms with Crippen molar-refractivity contribution < 1.29 is 53.8 Å². The van der Waals surface area contributed by atoms with Crippen molar-refractivity contribution in [3.05, 3.63) is 34.0 Å². The van der Waals surface area contributed by atoms with Crippen LogP contribution in [0.5, 0.6) is 0 Å². The van der Waals surface area contributed by atoms with Crippen molar-refractivity contribution in [2.45, 2.75) is 24.9 Å². The van der Waals surface area contributed by atoms with Crippen LogP contribution in [0.3, 0.4) is 0 Å². The van der Waals surface area contributed by atoms with Gasteiger partial charge in [0.1, 0.15) is 0 Å². The van der Waals surface area contributed by atoms with E-state index in [9.17, 15) is 34.4 Å². The van der Waals surface area contributed by atoms with Crippen LogP contribution in [0.15, 0.2) is 10.8 Å². The van der Waals surface area contributed by atoms with Crippen molar-refractivity contribution in [1.82, 2.24) is 15.9 Å². The maximum atomic E-state index is 14.0. The summed E-state index contributed by atoms with van der Waals surface area (Å²) in [5.74, 6) is -2.09. The highest BCUT2D eigenvalue weighted by Crippen LogP contribution is 2.38. The summed E-state index contributed by atoms with van der Waals surface area (Å²) in [4.78, 5) is 28.0. The molecule has 8 N–H and O–H groups in total. The minimum Gasteiger partial charge on any atom is -0.394 e. The van der Waals surface area contributed by atoms with Gasteiger partial charge in [-0.15, -0.1) is 4.39 Å². The van der Waals surface area contributed by atoms with E-state index in [1.54, 1.807) is 4.90 Å². The molecule has 0 radical (unpaired) electrons. The van der Waals surface area contributed by atoms with Gasteiger partial charge >= 0.3 is 5.95 Å². The third kappa shape index (κ3) is 9.24. The first kappa shape index (κ1) is 34.2. The molecule has 0 fully saturated rings. The third-order valence-electron chi connectivity index (χ3n) is 5.25. The molecule has 0 saturated carbocycles. The Hall–Kier alpha value is -1.02. The number of nitrogens with one attached hydrogen (secondary N) is 2. The summed E-state index contributed by atoms with van der Waals surface area (Å²) in [6, 6.07) is 0. The van der Waals surface area contributed by atoms with E-state index in [0.29, 0.717) is 12.8 Å². The predicted octanol–water partition coefficient (Wildman–Crippen LogP) is -2.06. The quantitative estimate of drug-likeness (QED) is 0.0720. The van der Waals surface area contributed by atoms with Gasteiger partial charge in [-0.1, -0.05) is 0 Å². The molecule has 0 aliphatic rings. The molecule has 2 aromatic rings. The molecule has 2 amide bonds. The van der Waals surface area contributed by atoms with Gasteiger partial charge in [0.05, 0.1) is 68.6 Å². The number of hydrogen-bond donors (Lipinski definition) is 8. The molecule has 1 heterocycles. The summed E-state index contributed by atoms with van der Waals surface area (Å²) in [5.41, 5.74) is 0.413. The van der Waals surface area contributed by atoms with Crippen molar-refractivity contribution in [3.8, 4) is 0 Å². The maximum absolute atomic E-state index is 14.0. The zero-order chi connectivity index (χ0) is 29.3. The Bertz CT molecular complexity index is 1090. The number of aliphatic hydroxyl groups is 6. The van der Waals surface area contributed by atoms with Crippen LogP contribution in [0.1, 0.15) is 20.7 Å². The average molecular weight is 894 g/mol. The largest absolute Gasteiger partial charge is 0.426 e. The number of aliphatic hydroxyl groups excluding tert-OH is 6. The van der Waals surface area contributed by atoms with Gasteiger partial charge in [-0.25, -0.2) is 0 Å². The van der Waals surface area contributed by atoms with Crippen LogP contribution in [0.25, 0.3) is 0 Å². The lowest BCUT2D eigenvalue weighted by Crippen LogP contribution is -2.47. The number of amides is 2. The molecule has 218 valence electrons. The van der Waals surface area contributed by atoms with Crippen LogP contribution < -0.4 is 20.2 Å². The van der Waals surface area contributed by atoms with Gasteiger partial charge in [0.15, 0.2) is 6.54 Å². The number of nitrogens with zero attached hydrogens (tertiary/aromatic N) is 3. The van der Waals surface area contributed by atoms with Crippen LogP contribution in [0.2, 0.25) is 0 Å². The monoisotopic (exact) mass is 894 g/mol. The number of benzene rings is 1. The molecule has 0 spiro atoms. The number of halogens is 4. The Morgan fingerprint density at radius 1 is 0.923 bits per heavy atom. The van der Waals surface area contributed by atoms with Gasteiger partial charge in [0, 0.05) is 23.2 Å². The molecule has 0 aliphatic heterocycles. The number of rotatable bonds is 15. The second-order valence-electron chi connectivity index (χ2n) is 8.17. The molecular weight excluding hydrogens is 866 g/mol. The summed E-state index contributed by atoms with van der Waals surface area (Å²) >= 11 is 5.62. The maximum Gasteiger partial charge on any atom is 0.426 e. The zero-order valence-electron chi connectivity index (χ0n) is 20.2. The van der Waals surface area contributed by atoms with E-state index >= 15 is 0 Å². The fraction of sp³-hybridized carbons (Fsp3) is 0.524. The van der Waals surface area contributed by atoms with Crippen molar-refractivity contribution in [2.75, 3.05) is 50.9 Å². The highest BCUT2D eigenvalue weighted by molar-refractivity contribution is 14.1. The second-order valence-corrected chi connectivity index (χ2v) is 11.4. The molecule has 14 nitrogen and oxygen atoms in total. The first-order valence-electron chi connectivity index (χ1n) is 11.3. The van der Waals surface area contributed by atoms with Crippen LogP contribution in [0.4, 0.5) is 10.1 Å². The number of carbonyl (C=O) groups excluding carboxylic acids is 2. The fourth-order valence-corrected chi connectivity index (χ4v) is 8.08. The lowest BCUT2D eigenvalue weighted by molar-refractivity contribution is -0.783. The summed E-state index contributed by atoms with van der Waals surface area (Å²) in [6.07, 6.45) is -2.88. The fourth-order valence-electron chi connectivity index (χ4n) is 3.25. The third-order valence-corrected chi connectivity index (χ3v) is 8.43. The van der Waals surface area contributed by atoms with Crippen LogP contribution in [-0.2, 0) is 6.54 Å². The molecule has 18 heteroatoms. The normalized spacial score (nSPS) is 13.6. The Morgan fingerprint density at radius 2 is 1.41 bits per heavy atom. The Kier molecular flexibility index (Phi) is 14.4. The van der Waals surface area contributed by atoms with E-state index in [-0.39, 0.29) is 47.4 Å². The zero-order valence-corrected chi connectivity index (χ0v) is 26.7. The first-order chi connectivity index (χ1) is 18.5. The second kappa shape index (κ2) is 16.4. The van der Waals surface area contributed by atoms with Crippen molar-refractivity contribution >= 4 is 85.3 Å². The average Bonchev–Trinajstić information content (AvgIpc) is 3.32. The van der Waals surface area contributed by atoms with E-state index < -0.39 is 55.9 Å². The summed E-state index contributed by atoms with van der Waals surface area (Å²) < 4.78 is 20.4. The number of aromatic nitrogens is 2. The van der Waals surface area contributed by atoms with Gasteiger partial charge in [-0.05, 0) is 72.5 Å². The molecule has 2 rings (SSSR count). The minimum absolute atomic E-state index is 0.00630. The summed E-state index contributed by atoms with van der Waals surface area (Å²) in [7, 11) is 0. The minimum atomic E-state index is -1.24. The van der Waals surface area contributed by atoms with E-state index in [4.69, 9.17) is 10.2 Å². The number of anilines is 1. The molecule has 1 aromatic carbocycles. The molecule has 0 bridgehead atoms. The Balaban J connectivity index is 2.66. The standard InChI is InChI=1S/C21H27FI3N5O9/c22-13-9-39-28-30(13)2-1-29(5-12(36)8-33)19-17(24)14(20(37)26-3-10(34)6-31)16(23)15(18(19)25)21(38)27-4-11(35)7-32/h9-12,31-36H,1-8H2,(H-,26,27,37,38)/p+1. The van der Waals surface area contributed by atoms with E-state index in [1.165, 1.54) is 0 Å². The Morgan fingerprint density at radius 3 is 1.82 bits per heavy atom. The molecule has 3 unspecified atom stereocenters. The van der Waals surface area contributed by atoms with Gasteiger partial charge < -0.3 is 50.7 Å². The lowest BCUT2D eigenvalue weighted by atomic mass is 10.1. The molecule has 0 aliphatic carbocycles. The molecule has 39 heavy (non-hydrogen) atoms. The van der Waals surface area contributed by atoms with E-state index in [0.717, 1.165) is 10.9 Å². The van der Waals surface area contributed by atoms with Crippen LogP contribution >= 0.6 is 67.8 Å². The van der Waals surface area contributed by atoms with Gasteiger partial charge in [0.25, 0.3) is 11.8 Å². The topological polar surface area (TPSA) is 213 Å². The number of hydrogen-bond acceptors (Lipinski definition) is 11. The van der Waals surface area contributed by atoms with E-state index in [2.05, 4.69) is 20.4 Å². The van der Waals surface area contributed by atoms with Crippen molar-refractivity contribution in [2.24, 2.45) is 0 Å². The summed E-state index contributed by atoms with van der Waals surface area (Å²) in [5, 5.41) is 65.9. The van der Waals surface area contributed by atoms with Gasteiger partial charge in [0.2, 0.25) is 11.5 Å². The lowest BCUT2D eigenvalue weighted by Gasteiger charge is -2.30. The van der Waals surface area contributed by atoms with Crippen molar-refractivity contribution in [3.63, 3.8) is 0 Å². The summed E-state index contributed by atoms with van der Waals surface area (Å²) in [6.45, 7) is -2.55. The van der Waals surface area contributed by atoms with Crippen molar-refractivity contribution in [1.29, 1.82) is 0 Å². The highest BCUT2D eigenvalue weighted by Gasteiger charge is 2.32. The first-order valence-corrected chi connectivity index (χ1v) is 14.6. The number of carbonyl (C=O) groups is 2.